The van der Waals surface area contributed by atoms with Crippen LogP contribution in [-0.2, 0) is 11.0 Å². The van der Waals surface area contributed by atoms with Crippen LogP contribution in [0.25, 0.3) is 0 Å². The Balaban J connectivity index is 3.64. The molecule has 4 heteroatoms. The minimum absolute atomic E-state index is 0.210. The lowest BCUT2D eigenvalue weighted by Crippen LogP contribution is -2.25. The Morgan fingerprint density at radius 2 is 1.89 bits per heavy atom. The molecule has 0 aliphatic heterocycles. The van der Waals surface area contributed by atoms with E-state index in [1.807, 2.05) is 18.2 Å². The van der Waals surface area contributed by atoms with Crippen LogP contribution in [0.4, 0.5) is 0 Å². The smallest absolute Gasteiger partial charge is 0.113 e. The molecule has 0 heterocycles. The lowest BCUT2D eigenvalue weighted by Gasteiger charge is -2.13. The fourth-order valence-electron chi connectivity index (χ4n) is 0.581. The Hall–Kier alpha value is 0.400. The molecule has 1 unspecified atom stereocenters. The van der Waals surface area contributed by atoms with Gasteiger partial charge >= 0.3 is 0 Å². The predicted molar refractivity (Wildman–Crippen MR) is 41.8 cm³/mol. The summed E-state index contributed by atoms with van der Waals surface area (Å²) in [6.07, 6.45) is 0. The van der Waals surface area contributed by atoms with Crippen LogP contribution in [0.2, 0.25) is 0 Å². The number of halogens is 1. The average molecular weight is 170 g/mol. The summed E-state index contributed by atoms with van der Waals surface area (Å²) in [6.45, 7) is 5.54. The molecule has 0 N–H and O–H groups in total. The third-order valence-electron chi connectivity index (χ3n) is 1.09. The van der Waals surface area contributed by atoms with Crippen molar-refractivity contribution in [2.24, 2.45) is 0 Å². The molecule has 0 aliphatic rings. The molecule has 0 radical (unpaired) electrons. The van der Waals surface area contributed by atoms with Gasteiger partial charge < -0.3 is 0 Å². The van der Waals surface area contributed by atoms with Crippen LogP contribution >= 0.6 is 11.6 Å². The molecule has 9 heavy (non-hydrogen) atoms. The Kier molecular flexibility index (Phi) is 5.44. The Morgan fingerprint density at radius 3 is 2.00 bits per heavy atom. The summed E-state index contributed by atoms with van der Waals surface area (Å²) in [7, 11) is -0.966. The average Bonchev–Trinajstić information content (AvgIpc) is 1.90. The maximum atomic E-state index is 10.9. The molecular weight excluding hydrogens is 158 g/mol. The molecule has 0 aliphatic carbocycles. The van der Waals surface area contributed by atoms with Crippen LogP contribution in [0, 0.1) is 0 Å². The molecule has 0 aromatic rings. The highest BCUT2D eigenvalue weighted by Gasteiger charge is 2.04. The van der Waals surface area contributed by atoms with E-state index in [4.69, 9.17) is 11.6 Å². The van der Waals surface area contributed by atoms with Gasteiger partial charge in [-0.25, -0.2) is 8.51 Å². The highest BCUT2D eigenvalue weighted by atomic mass is 35.5. The zero-order valence-electron chi connectivity index (χ0n) is 5.76. The van der Waals surface area contributed by atoms with Crippen LogP contribution < -0.4 is 0 Å². The van der Waals surface area contributed by atoms with Crippen molar-refractivity contribution >= 4 is 22.6 Å². The lowest BCUT2D eigenvalue weighted by atomic mass is 10.7. The first-order valence-electron chi connectivity index (χ1n) is 2.95. The summed E-state index contributed by atoms with van der Waals surface area (Å²) in [5.41, 5.74) is 0. The Bertz CT molecular complexity index is 95.0. The highest BCUT2D eigenvalue weighted by Crippen LogP contribution is 1.95. The molecule has 56 valence electrons. The van der Waals surface area contributed by atoms with Crippen molar-refractivity contribution in [3.8, 4) is 0 Å². The summed E-state index contributed by atoms with van der Waals surface area (Å²) in [5, 5.41) is 0.210. The van der Waals surface area contributed by atoms with Crippen molar-refractivity contribution in [3.63, 3.8) is 0 Å². The summed E-state index contributed by atoms with van der Waals surface area (Å²) >= 11 is 5.36. The zero-order chi connectivity index (χ0) is 7.28. The lowest BCUT2D eigenvalue weighted by molar-refractivity contribution is 0.492. The predicted octanol–water partition coefficient (Wildman–Crippen LogP) is 1.19. The van der Waals surface area contributed by atoms with Crippen LogP contribution in [0.3, 0.4) is 0 Å². The second-order valence-corrected chi connectivity index (χ2v) is 3.58. The van der Waals surface area contributed by atoms with Gasteiger partial charge in [0.15, 0.2) is 0 Å². The van der Waals surface area contributed by atoms with E-state index < -0.39 is 11.0 Å². The molecule has 0 aromatic carbocycles. The van der Waals surface area contributed by atoms with Crippen molar-refractivity contribution in [3.05, 3.63) is 0 Å². The number of hydrogen-bond acceptors (Lipinski definition) is 1. The highest BCUT2D eigenvalue weighted by molar-refractivity contribution is 7.83. The number of rotatable bonds is 4. The molecule has 0 saturated carbocycles. The van der Waals surface area contributed by atoms with E-state index in [0.717, 1.165) is 13.1 Å². The molecule has 0 spiro atoms. The molecule has 2 nitrogen and oxygen atoms in total. The topological polar surface area (TPSA) is 20.3 Å². The Labute approximate surface area is 63.8 Å². The van der Waals surface area contributed by atoms with Gasteiger partial charge in [0.05, 0.1) is 0 Å². The normalized spacial score (nSPS) is 14.2. The van der Waals surface area contributed by atoms with Gasteiger partial charge in [0.25, 0.3) is 0 Å². The van der Waals surface area contributed by atoms with E-state index in [1.54, 1.807) is 0 Å². The van der Waals surface area contributed by atoms with Gasteiger partial charge in [-0.05, 0) is 0 Å². The molecule has 0 saturated heterocycles. The van der Waals surface area contributed by atoms with Crippen molar-refractivity contribution in [2.45, 2.75) is 13.8 Å². The van der Waals surface area contributed by atoms with Crippen molar-refractivity contribution in [1.29, 1.82) is 0 Å². The van der Waals surface area contributed by atoms with Gasteiger partial charge in [-0.1, -0.05) is 13.8 Å². The molecule has 0 amide bonds. The molecule has 0 aromatic heterocycles. The third kappa shape index (κ3) is 3.18. The van der Waals surface area contributed by atoms with E-state index in [2.05, 4.69) is 0 Å². The Morgan fingerprint density at radius 1 is 1.44 bits per heavy atom. The van der Waals surface area contributed by atoms with E-state index >= 15 is 0 Å². The molecule has 0 bridgehead atoms. The van der Waals surface area contributed by atoms with Gasteiger partial charge in [0.2, 0.25) is 0 Å². The standard InChI is InChI=1S/C5H12ClNOS/c1-3-7(4-2)9(8)5-6/h3-5H2,1-2H3. The first-order valence-corrected chi connectivity index (χ1v) is 4.76. The number of alkyl halides is 1. The van der Waals surface area contributed by atoms with Gasteiger partial charge in [0.1, 0.15) is 16.2 Å². The van der Waals surface area contributed by atoms with Crippen molar-refractivity contribution < 1.29 is 4.21 Å². The fourth-order valence-corrected chi connectivity index (χ4v) is 1.71. The van der Waals surface area contributed by atoms with Crippen LogP contribution in [0.5, 0.6) is 0 Å². The fraction of sp³-hybridized carbons (Fsp3) is 1.00. The molecule has 0 rings (SSSR count). The quantitative estimate of drug-likeness (QED) is 0.579. The zero-order valence-corrected chi connectivity index (χ0v) is 7.34. The SMILES string of the molecule is CCN(CC)S(=O)CCl. The maximum Gasteiger partial charge on any atom is 0.113 e. The summed E-state index contributed by atoms with van der Waals surface area (Å²) in [5.74, 6) is 0. The monoisotopic (exact) mass is 169 g/mol. The van der Waals surface area contributed by atoms with E-state index in [0.29, 0.717) is 0 Å². The third-order valence-corrected chi connectivity index (χ3v) is 2.93. The molecule has 0 fully saturated rings. The summed E-state index contributed by atoms with van der Waals surface area (Å²) < 4.78 is 12.7. The van der Waals surface area contributed by atoms with Gasteiger partial charge in [-0.15, -0.1) is 11.6 Å². The number of hydrogen-bond donors (Lipinski definition) is 0. The first-order chi connectivity index (χ1) is 4.26. The second-order valence-electron chi connectivity index (χ2n) is 1.54. The maximum absolute atomic E-state index is 10.9. The number of nitrogens with zero attached hydrogens (tertiary/aromatic N) is 1. The second kappa shape index (κ2) is 5.21. The van der Waals surface area contributed by atoms with E-state index in [9.17, 15) is 4.21 Å². The summed E-state index contributed by atoms with van der Waals surface area (Å²) in [6, 6.07) is 0. The summed E-state index contributed by atoms with van der Waals surface area (Å²) in [4.78, 5) is 0. The van der Waals surface area contributed by atoms with Gasteiger partial charge in [-0.3, -0.25) is 0 Å². The molecular formula is C5H12ClNOS. The minimum Gasteiger partial charge on any atom is -0.241 e. The van der Waals surface area contributed by atoms with Gasteiger partial charge in [-0.2, -0.15) is 0 Å². The van der Waals surface area contributed by atoms with E-state index in [-0.39, 0.29) is 5.21 Å². The van der Waals surface area contributed by atoms with Crippen LogP contribution in [-0.4, -0.2) is 26.8 Å². The van der Waals surface area contributed by atoms with Crippen molar-refractivity contribution in [2.75, 3.05) is 18.3 Å². The minimum atomic E-state index is -0.966. The van der Waals surface area contributed by atoms with Crippen LogP contribution in [0.1, 0.15) is 13.8 Å². The largest absolute Gasteiger partial charge is 0.241 e. The molecule has 1 atom stereocenters. The first kappa shape index (κ1) is 9.40. The van der Waals surface area contributed by atoms with Gasteiger partial charge in [0, 0.05) is 13.1 Å². The van der Waals surface area contributed by atoms with Crippen LogP contribution in [0.15, 0.2) is 0 Å². The van der Waals surface area contributed by atoms with E-state index in [1.165, 1.54) is 0 Å². The van der Waals surface area contributed by atoms with Crippen molar-refractivity contribution in [1.82, 2.24) is 4.31 Å².